The highest BCUT2D eigenvalue weighted by atomic mass is 32.2. The molecule has 0 aliphatic heterocycles. The van der Waals surface area contributed by atoms with Gasteiger partial charge in [0.2, 0.25) is 10.0 Å². The summed E-state index contributed by atoms with van der Waals surface area (Å²) in [6.07, 6.45) is 1.35. The largest absolute Gasteiger partial charge is 0.345 e. The lowest BCUT2D eigenvalue weighted by molar-refractivity contribution is 0.0931. The maximum absolute atomic E-state index is 13.2. The topological polar surface area (TPSA) is 80.2 Å². The van der Waals surface area contributed by atoms with Crippen molar-refractivity contribution in [1.29, 1.82) is 0 Å². The molecule has 23 heavy (non-hydrogen) atoms. The Morgan fingerprint density at radius 3 is 2.61 bits per heavy atom. The molecule has 1 aromatic heterocycles. The number of carbonyl (C=O) groups excluding carboxylic acids is 1. The van der Waals surface area contributed by atoms with Gasteiger partial charge in [-0.2, -0.15) is 0 Å². The Bertz CT molecular complexity index is 830. The normalized spacial score (nSPS) is 12.9. The van der Waals surface area contributed by atoms with Crippen LogP contribution >= 0.6 is 0 Å². The van der Waals surface area contributed by atoms with Crippen LogP contribution in [-0.4, -0.2) is 25.9 Å². The van der Waals surface area contributed by atoms with Gasteiger partial charge in [-0.25, -0.2) is 17.5 Å². The van der Waals surface area contributed by atoms with Gasteiger partial charge in [0, 0.05) is 13.2 Å². The van der Waals surface area contributed by atoms with Gasteiger partial charge in [-0.15, -0.1) is 0 Å². The van der Waals surface area contributed by atoms with E-state index < -0.39 is 22.0 Å². The fourth-order valence-electron chi connectivity index (χ4n) is 2.15. The Balaban J connectivity index is 2.21. The van der Waals surface area contributed by atoms with E-state index in [1.807, 2.05) is 0 Å². The summed E-state index contributed by atoms with van der Waals surface area (Å²) in [4.78, 5) is 12.3. The maximum atomic E-state index is 13.2. The number of halogens is 1. The third kappa shape index (κ3) is 3.77. The van der Waals surface area contributed by atoms with Gasteiger partial charge in [0.1, 0.15) is 16.4 Å². The fourth-order valence-corrected chi connectivity index (χ4v) is 2.95. The minimum absolute atomic E-state index is 0.00561. The van der Waals surface area contributed by atoms with E-state index in [0.717, 1.165) is 0 Å². The molecule has 6 nitrogen and oxygen atoms in total. The minimum Gasteiger partial charge on any atom is -0.345 e. The van der Waals surface area contributed by atoms with Crippen LogP contribution in [0.3, 0.4) is 0 Å². The number of carbonyl (C=O) groups is 1. The zero-order chi connectivity index (χ0) is 17.2. The number of benzene rings is 1. The molecule has 0 aliphatic carbocycles. The zero-order valence-corrected chi connectivity index (χ0v) is 13.8. The van der Waals surface area contributed by atoms with Crippen molar-refractivity contribution in [2.75, 3.05) is 7.05 Å². The quantitative estimate of drug-likeness (QED) is 0.868. The van der Waals surface area contributed by atoms with Crippen LogP contribution in [0.2, 0.25) is 0 Å². The number of aromatic nitrogens is 1. The van der Waals surface area contributed by atoms with E-state index in [1.54, 1.807) is 26.1 Å². The van der Waals surface area contributed by atoms with E-state index in [4.69, 9.17) is 0 Å². The van der Waals surface area contributed by atoms with Crippen LogP contribution in [0.5, 0.6) is 0 Å². The molecule has 2 rings (SSSR count). The molecule has 124 valence electrons. The molecule has 0 unspecified atom stereocenters. The predicted molar refractivity (Wildman–Crippen MR) is 83.9 cm³/mol. The van der Waals surface area contributed by atoms with Crippen molar-refractivity contribution in [1.82, 2.24) is 14.6 Å². The van der Waals surface area contributed by atoms with Crippen LogP contribution < -0.4 is 10.0 Å². The van der Waals surface area contributed by atoms with Gasteiger partial charge >= 0.3 is 0 Å². The molecule has 0 saturated carbocycles. The number of aryl methyl sites for hydroxylation is 1. The van der Waals surface area contributed by atoms with Gasteiger partial charge in [-0.05, 0) is 37.7 Å². The van der Waals surface area contributed by atoms with E-state index >= 15 is 0 Å². The van der Waals surface area contributed by atoms with E-state index in [2.05, 4.69) is 10.0 Å². The SMILES string of the molecule is CNS(=O)(=O)c1cc(C(=O)N[C@@H](C)c2cccc(F)c2)n(C)c1. The van der Waals surface area contributed by atoms with Crippen molar-refractivity contribution in [3.8, 4) is 0 Å². The molecule has 0 saturated heterocycles. The van der Waals surface area contributed by atoms with Crippen molar-refractivity contribution in [3.05, 3.63) is 53.6 Å². The summed E-state index contributed by atoms with van der Waals surface area (Å²) >= 11 is 0. The highest BCUT2D eigenvalue weighted by molar-refractivity contribution is 7.89. The molecule has 1 amide bonds. The van der Waals surface area contributed by atoms with Gasteiger partial charge in [0.15, 0.2) is 0 Å². The number of amides is 1. The molecule has 0 spiro atoms. The number of nitrogens with zero attached hydrogens (tertiary/aromatic N) is 1. The lowest BCUT2D eigenvalue weighted by atomic mass is 10.1. The molecule has 1 heterocycles. The van der Waals surface area contributed by atoms with E-state index in [1.165, 1.54) is 36.0 Å². The average molecular weight is 339 g/mol. The Kier molecular flexibility index (Phi) is 4.86. The van der Waals surface area contributed by atoms with E-state index in [-0.39, 0.29) is 16.4 Å². The Morgan fingerprint density at radius 2 is 2.00 bits per heavy atom. The smallest absolute Gasteiger partial charge is 0.268 e. The van der Waals surface area contributed by atoms with Gasteiger partial charge in [0.05, 0.1) is 6.04 Å². The Morgan fingerprint density at radius 1 is 1.30 bits per heavy atom. The second-order valence-corrected chi connectivity index (χ2v) is 7.02. The van der Waals surface area contributed by atoms with E-state index in [9.17, 15) is 17.6 Å². The van der Waals surface area contributed by atoms with Crippen LogP contribution in [0.4, 0.5) is 4.39 Å². The lowest BCUT2D eigenvalue weighted by Crippen LogP contribution is -2.28. The van der Waals surface area contributed by atoms with Crippen molar-refractivity contribution in [2.24, 2.45) is 7.05 Å². The van der Waals surface area contributed by atoms with Crippen molar-refractivity contribution in [3.63, 3.8) is 0 Å². The number of hydrogen-bond donors (Lipinski definition) is 2. The molecular weight excluding hydrogens is 321 g/mol. The monoisotopic (exact) mass is 339 g/mol. The summed E-state index contributed by atoms with van der Waals surface area (Å²) in [5.74, 6) is -0.827. The molecule has 1 atom stereocenters. The first-order chi connectivity index (χ1) is 10.7. The van der Waals surface area contributed by atoms with Gasteiger partial charge in [-0.3, -0.25) is 4.79 Å². The van der Waals surface area contributed by atoms with Crippen LogP contribution in [0.1, 0.15) is 29.0 Å². The molecule has 0 bridgehead atoms. The van der Waals surface area contributed by atoms with Gasteiger partial charge in [0.25, 0.3) is 5.91 Å². The molecule has 1 aromatic carbocycles. The molecule has 2 aromatic rings. The summed E-state index contributed by atoms with van der Waals surface area (Å²) in [5.41, 5.74) is 0.817. The summed E-state index contributed by atoms with van der Waals surface area (Å²) in [7, 11) is -0.741. The number of nitrogens with one attached hydrogen (secondary N) is 2. The molecule has 2 N–H and O–H groups in total. The van der Waals surface area contributed by atoms with Crippen molar-refractivity contribution < 1.29 is 17.6 Å². The van der Waals surface area contributed by atoms with Crippen LogP contribution in [-0.2, 0) is 17.1 Å². The van der Waals surface area contributed by atoms with Gasteiger partial charge < -0.3 is 9.88 Å². The van der Waals surface area contributed by atoms with Crippen LogP contribution in [0.15, 0.2) is 41.4 Å². The Labute approximate surface area is 134 Å². The van der Waals surface area contributed by atoms with Crippen molar-refractivity contribution >= 4 is 15.9 Å². The second-order valence-electron chi connectivity index (χ2n) is 5.13. The summed E-state index contributed by atoms with van der Waals surface area (Å²) < 4.78 is 40.4. The second kappa shape index (κ2) is 6.51. The average Bonchev–Trinajstić information content (AvgIpc) is 2.90. The number of sulfonamides is 1. The molecule has 0 aliphatic rings. The Hall–Kier alpha value is -2.19. The zero-order valence-electron chi connectivity index (χ0n) is 13.0. The number of hydrogen-bond acceptors (Lipinski definition) is 3. The third-order valence-electron chi connectivity index (χ3n) is 3.49. The molecule has 8 heteroatoms. The highest BCUT2D eigenvalue weighted by Gasteiger charge is 2.20. The lowest BCUT2D eigenvalue weighted by Gasteiger charge is -2.14. The summed E-state index contributed by atoms with van der Waals surface area (Å²) in [6, 6.07) is 6.80. The molecule has 0 radical (unpaired) electrons. The van der Waals surface area contributed by atoms with Crippen molar-refractivity contribution in [2.45, 2.75) is 17.9 Å². The minimum atomic E-state index is -3.62. The fraction of sp³-hybridized carbons (Fsp3) is 0.267. The summed E-state index contributed by atoms with van der Waals surface area (Å²) in [6.45, 7) is 1.72. The predicted octanol–water partition coefficient (Wildman–Crippen LogP) is 1.56. The molecular formula is C15H18FN3O3S. The van der Waals surface area contributed by atoms with E-state index in [0.29, 0.717) is 5.56 Å². The highest BCUT2D eigenvalue weighted by Crippen LogP contribution is 2.17. The third-order valence-corrected chi connectivity index (χ3v) is 4.87. The first kappa shape index (κ1) is 17.2. The first-order valence-electron chi connectivity index (χ1n) is 6.91. The first-order valence-corrected chi connectivity index (χ1v) is 8.39. The molecule has 0 fully saturated rings. The number of rotatable bonds is 5. The van der Waals surface area contributed by atoms with Crippen LogP contribution in [0.25, 0.3) is 0 Å². The van der Waals surface area contributed by atoms with Crippen LogP contribution in [0, 0.1) is 5.82 Å². The maximum Gasteiger partial charge on any atom is 0.268 e. The standard InChI is InChI=1S/C15H18FN3O3S/c1-10(11-5-4-6-12(16)7-11)18-15(20)14-8-13(9-19(14)3)23(21,22)17-2/h4-10,17H,1-3H3,(H,18,20)/t10-/m0/s1. The van der Waals surface area contributed by atoms with Gasteiger partial charge in [-0.1, -0.05) is 12.1 Å². The summed E-state index contributed by atoms with van der Waals surface area (Å²) in [5, 5.41) is 2.72.